The number of aryl methyl sites for hydroxylation is 1. The third kappa shape index (κ3) is 2.97. The number of aromatic nitrogens is 1. The van der Waals surface area contributed by atoms with Crippen LogP contribution in [0.1, 0.15) is 11.3 Å². The summed E-state index contributed by atoms with van der Waals surface area (Å²) in [5.74, 6) is 0. The van der Waals surface area contributed by atoms with E-state index in [2.05, 4.69) is 10.3 Å². The smallest absolute Gasteiger partial charge is 0.332 e. The molecule has 0 amide bonds. The van der Waals surface area contributed by atoms with Crippen LogP contribution >= 0.6 is 11.3 Å². The third-order valence-corrected chi connectivity index (χ3v) is 2.94. The average molecular weight is 258 g/mol. The fraction of sp³-hybridized carbons (Fsp3) is 0.182. The first-order valence-corrected chi connectivity index (χ1v) is 5.69. The first kappa shape index (κ1) is 11.9. The van der Waals surface area contributed by atoms with Crippen LogP contribution in [0.5, 0.6) is 0 Å². The summed E-state index contributed by atoms with van der Waals surface area (Å²) in [6.45, 7) is 1.83. The molecule has 0 spiro atoms. The van der Waals surface area contributed by atoms with Gasteiger partial charge in [0.2, 0.25) is 0 Å². The molecule has 0 aliphatic rings. The van der Waals surface area contributed by atoms with Crippen molar-refractivity contribution in [3.8, 4) is 0 Å². The highest BCUT2D eigenvalue weighted by molar-refractivity contribution is 7.13. The van der Waals surface area contributed by atoms with E-state index in [1.165, 1.54) is 17.4 Å². The van der Waals surface area contributed by atoms with Gasteiger partial charge in [-0.2, -0.15) is 13.2 Å². The highest BCUT2D eigenvalue weighted by Crippen LogP contribution is 2.31. The number of hydrogen-bond acceptors (Lipinski definition) is 3. The van der Waals surface area contributed by atoms with Crippen molar-refractivity contribution in [2.45, 2.75) is 13.1 Å². The highest BCUT2D eigenvalue weighted by atomic mass is 32.1. The van der Waals surface area contributed by atoms with E-state index in [-0.39, 0.29) is 0 Å². The van der Waals surface area contributed by atoms with E-state index < -0.39 is 11.7 Å². The molecule has 0 saturated carbocycles. The molecule has 2 aromatic rings. The topological polar surface area (TPSA) is 24.9 Å². The molecule has 0 aliphatic carbocycles. The van der Waals surface area contributed by atoms with Gasteiger partial charge >= 0.3 is 6.18 Å². The Bertz CT molecular complexity index is 519. The van der Waals surface area contributed by atoms with Crippen LogP contribution in [0.2, 0.25) is 0 Å². The lowest BCUT2D eigenvalue weighted by Crippen LogP contribution is -2.05. The minimum Gasteiger partial charge on any atom is -0.332 e. The third-order valence-electron chi connectivity index (χ3n) is 2.06. The Labute approximate surface area is 100 Å². The standard InChI is InChI=1S/C11H9F3N2S/c1-7-6-17-10(15-7)16-9-4-2-3-8(5-9)11(12,13)14/h2-6H,1H3,(H,15,16). The van der Waals surface area contributed by atoms with Crippen LogP contribution in [0, 0.1) is 6.92 Å². The van der Waals surface area contributed by atoms with Crippen molar-refractivity contribution in [1.29, 1.82) is 0 Å². The lowest BCUT2D eigenvalue weighted by atomic mass is 10.2. The van der Waals surface area contributed by atoms with Crippen molar-refractivity contribution in [2.75, 3.05) is 5.32 Å². The molecule has 0 fully saturated rings. The van der Waals surface area contributed by atoms with Gasteiger partial charge in [0.05, 0.1) is 11.3 Å². The van der Waals surface area contributed by atoms with Gasteiger partial charge in [-0.25, -0.2) is 4.98 Å². The molecule has 6 heteroatoms. The van der Waals surface area contributed by atoms with E-state index in [0.29, 0.717) is 10.8 Å². The molecule has 0 atom stereocenters. The molecular weight excluding hydrogens is 249 g/mol. The van der Waals surface area contributed by atoms with Crippen LogP contribution in [0.3, 0.4) is 0 Å². The lowest BCUT2D eigenvalue weighted by Gasteiger charge is -2.08. The molecule has 2 rings (SSSR count). The van der Waals surface area contributed by atoms with Gasteiger partial charge in [0.15, 0.2) is 5.13 Å². The zero-order valence-corrected chi connectivity index (χ0v) is 9.69. The number of nitrogens with one attached hydrogen (secondary N) is 1. The molecular formula is C11H9F3N2S. The Hall–Kier alpha value is -1.56. The van der Waals surface area contributed by atoms with Gasteiger partial charge in [0.1, 0.15) is 0 Å². The molecule has 90 valence electrons. The Balaban J connectivity index is 2.22. The van der Waals surface area contributed by atoms with Gasteiger partial charge < -0.3 is 5.32 Å². The summed E-state index contributed by atoms with van der Waals surface area (Å²) < 4.78 is 37.4. The monoisotopic (exact) mass is 258 g/mol. The maximum absolute atomic E-state index is 12.5. The second-order valence-electron chi connectivity index (χ2n) is 3.50. The molecule has 1 heterocycles. The van der Waals surface area contributed by atoms with Gasteiger partial charge in [0.25, 0.3) is 0 Å². The van der Waals surface area contributed by atoms with Crippen molar-refractivity contribution in [3.05, 3.63) is 40.9 Å². The minimum atomic E-state index is -4.32. The summed E-state index contributed by atoms with van der Waals surface area (Å²) in [5.41, 5.74) is 0.550. The predicted octanol–water partition coefficient (Wildman–Crippen LogP) is 4.21. The zero-order chi connectivity index (χ0) is 12.5. The average Bonchev–Trinajstić information content (AvgIpc) is 2.63. The zero-order valence-electron chi connectivity index (χ0n) is 8.88. The Kier molecular flexibility index (Phi) is 3.06. The summed E-state index contributed by atoms with van der Waals surface area (Å²) in [6.07, 6.45) is -4.32. The van der Waals surface area contributed by atoms with Gasteiger partial charge in [-0.1, -0.05) is 6.07 Å². The number of thiazole rings is 1. The van der Waals surface area contributed by atoms with Gasteiger partial charge in [-0.05, 0) is 25.1 Å². The number of nitrogens with zero attached hydrogens (tertiary/aromatic N) is 1. The van der Waals surface area contributed by atoms with Crippen LogP contribution in [0.15, 0.2) is 29.6 Å². The van der Waals surface area contributed by atoms with Gasteiger partial charge in [-0.15, -0.1) is 11.3 Å². The molecule has 2 nitrogen and oxygen atoms in total. The van der Waals surface area contributed by atoms with E-state index in [9.17, 15) is 13.2 Å². The SMILES string of the molecule is Cc1csc(Nc2cccc(C(F)(F)F)c2)n1. The first-order valence-electron chi connectivity index (χ1n) is 4.81. The van der Waals surface area contributed by atoms with Crippen molar-refractivity contribution in [2.24, 2.45) is 0 Å². The summed E-state index contributed by atoms with van der Waals surface area (Å²) in [4.78, 5) is 4.12. The first-order chi connectivity index (χ1) is 7.95. The second kappa shape index (κ2) is 4.37. The van der Waals surface area contributed by atoms with Gasteiger partial charge in [-0.3, -0.25) is 0 Å². The summed E-state index contributed by atoms with van der Waals surface area (Å²) in [7, 11) is 0. The molecule has 1 aromatic heterocycles. The molecule has 0 aliphatic heterocycles. The molecule has 0 saturated heterocycles. The largest absolute Gasteiger partial charge is 0.416 e. The number of alkyl halides is 3. The highest BCUT2D eigenvalue weighted by Gasteiger charge is 2.30. The van der Waals surface area contributed by atoms with E-state index in [1.807, 2.05) is 12.3 Å². The second-order valence-corrected chi connectivity index (χ2v) is 4.36. The molecule has 0 radical (unpaired) electrons. The Morgan fingerprint density at radius 3 is 2.65 bits per heavy atom. The van der Waals surface area contributed by atoms with E-state index in [0.717, 1.165) is 17.8 Å². The number of halogens is 3. The lowest BCUT2D eigenvalue weighted by molar-refractivity contribution is -0.137. The van der Waals surface area contributed by atoms with Crippen LogP contribution in [-0.2, 0) is 6.18 Å². The summed E-state index contributed by atoms with van der Waals surface area (Å²) >= 11 is 1.35. The van der Waals surface area contributed by atoms with E-state index in [4.69, 9.17) is 0 Å². The molecule has 0 unspecified atom stereocenters. The van der Waals surface area contributed by atoms with Crippen LogP contribution < -0.4 is 5.32 Å². The molecule has 1 aromatic carbocycles. The number of benzene rings is 1. The molecule has 0 bridgehead atoms. The molecule has 17 heavy (non-hydrogen) atoms. The summed E-state index contributed by atoms with van der Waals surface area (Å²) in [5, 5.41) is 5.26. The normalized spacial score (nSPS) is 11.5. The van der Waals surface area contributed by atoms with Crippen molar-refractivity contribution < 1.29 is 13.2 Å². The Morgan fingerprint density at radius 1 is 1.29 bits per heavy atom. The quantitative estimate of drug-likeness (QED) is 0.872. The maximum atomic E-state index is 12.5. The summed E-state index contributed by atoms with van der Waals surface area (Å²) in [6, 6.07) is 5.05. The molecule has 1 N–H and O–H groups in total. The van der Waals surface area contributed by atoms with Gasteiger partial charge in [0, 0.05) is 11.1 Å². The number of rotatable bonds is 2. The minimum absolute atomic E-state index is 0.383. The maximum Gasteiger partial charge on any atom is 0.416 e. The van der Waals surface area contributed by atoms with Crippen LogP contribution in [0.25, 0.3) is 0 Å². The Morgan fingerprint density at radius 2 is 2.06 bits per heavy atom. The van der Waals surface area contributed by atoms with Crippen molar-refractivity contribution >= 4 is 22.2 Å². The number of anilines is 2. The van der Waals surface area contributed by atoms with Crippen molar-refractivity contribution in [1.82, 2.24) is 4.98 Å². The van der Waals surface area contributed by atoms with Crippen molar-refractivity contribution in [3.63, 3.8) is 0 Å². The van der Waals surface area contributed by atoms with Crippen LogP contribution in [0.4, 0.5) is 24.0 Å². The fourth-order valence-corrected chi connectivity index (χ4v) is 2.02. The van der Waals surface area contributed by atoms with E-state index >= 15 is 0 Å². The number of hydrogen-bond donors (Lipinski definition) is 1. The predicted molar refractivity (Wildman–Crippen MR) is 61.6 cm³/mol. The van der Waals surface area contributed by atoms with Crippen LogP contribution in [-0.4, -0.2) is 4.98 Å². The van der Waals surface area contributed by atoms with E-state index in [1.54, 1.807) is 6.07 Å². The fourth-order valence-electron chi connectivity index (χ4n) is 1.31.